The third-order valence-corrected chi connectivity index (χ3v) is 6.13. The molecule has 4 heteroatoms. The van der Waals surface area contributed by atoms with Gasteiger partial charge in [-0.15, -0.1) is 0 Å². The second kappa shape index (κ2) is 9.93. The predicted molar refractivity (Wildman–Crippen MR) is 117 cm³/mol. The molecule has 154 valence electrons. The zero-order chi connectivity index (χ0) is 19.9. The van der Waals surface area contributed by atoms with Crippen LogP contribution in [0, 0.1) is 5.92 Å². The highest BCUT2D eigenvalue weighted by atomic mass is 16.5. The van der Waals surface area contributed by atoms with Crippen molar-refractivity contribution in [2.45, 2.75) is 51.2 Å². The maximum atomic E-state index is 6.27. The fraction of sp³-hybridized carbons (Fsp3) is 0.480. The molecule has 0 unspecified atom stereocenters. The van der Waals surface area contributed by atoms with Crippen molar-refractivity contribution in [2.75, 3.05) is 20.2 Å². The van der Waals surface area contributed by atoms with Gasteiger partial charge in [0.05, 0.1) is 13.2 Å². The van der Waals surface area contributed by atoms with E-state index in [0.717, 1.165) is 31.3 Å². The lowest BCUT2D eigenvalue weighted by molar-refractivity contribution is 0.193. The van der Waals surface area contributed by atoms with Gasteiger partial charge in [-0.25, -0.2) is 4.98 Å². The van der Waals surface area contributed by atoms with Crippen molar-refractivity contribution in [3.05, 3.63) is 59.8 Å². The summed E-state index contributed by atoms with van der Waals surface area (Å²) < 4.78 is 11.7. The number of piperidine rings is 1. The predicted octanol–water partition coefficient (Wildman–Crippen LogP) is 5.34. The largest absolute Gasteiger partial charge is 0.490 e. The Morgan fingerprint density at radius 1 is 1.03 bits per heavy atom. The van der Waals surface area contributed by atoms with Gasteiger partial charge in [0.1, 0.15) is 5.75 Å². The van der Waals surface area contributed by atoms with Gasteiger partial charge < -0.3 is 9.47 Å². The molecule has 2 fully saturated rings. The lowest BCUT2D eigenvalue weighted by Crippen LogP contribution is -2.32. The van der Waals surface area contributed by atoms with Gasteiger partial charge >= 0.3 is 0 Å². The molecule has 0 atom stereocenters. The molecule has 2 heterocycles. The summed E-state index contributed by atoms with van der Waals surface area (Å²) in [4.78, 5) is 6.81. The topological polar surface area (TPSA) is 34.6 Å². The fourth-order valence-electron chi connectivity index (χ4n) is 4.42. The molecule has 1 saturated carbocycles. The number of ether oxygens (including phenoxy) is 2. The second-order valence-corrected chi connectivity index (χ2v) is 8.21. The number of pyridine rings is 1. The van der Waals surface area contributed by atoms with Crippen molar-refractivity contribution in [2.24, 2.45) is 5.92 Å². The van der Waals surface area contributed by atoms with Gasteiger partial charge in [0.25, 0.3) is 0 Å². The Labute approximate surface area is 174 Å². The number of allylic oxidation sites excluding steroid dienone is 1. The number of methoxy groups -OCH3 is 1. The number of rotatable bonds is 7. The van der Waals surface area contributed by atoms with Crippen LogP contribution in [0.25, 0.3) is 6.08 Å². The summed E-state index contributed by atoms with van der Waals surface area (Å²) in [5, 5.41) is 0. The minimum Gasteiger partial charge on any atom is -0.490 e. The van der Waals surface area contributed by atoms with Gasteiger partial charge in [-0.1, -0.05) is 36.4 Å². The molecule has 2 aliphatic rings. The van der Waals surface area contributed by atoms with E-state index in [4.69, 9.17) is 9.47 Å². The molecular formula is C25H32N2O2. The summed E-state index contributed by atoms with van der Waals surface area (Å²) in [6, 6.07) is 12.6. The molecule has 29 heavy (non-hydrogen) atoms. The summed E-state index contributed by atoms with van der Waals surface area (Å²) >= 11 is 0. The van der Waals surface area contributed by atoms with Crippen molar-refractivity contribution in [1.29, 1.82) is 0 Å². The summed E-state index contributed by atoms with van der Waals surface area (Å²) in [6.07, 6.45) is 14.2. The number of benzene rings is 1. The number of para-hydroxylation sites is 1. The molecule has 1 aliphatic carbocycles. The van der Waals surface area contributed by atoms with E-state index >= 15 is 0 Å². The summed E-state index contributed by atoms with van der Waals surface area (Å²) in [5.74, 6) is 2.41. The summed E-state index contributed by atoms with van der Waals surface area (Å²) in [5.41, 5.74) is 2.38. The maximum Gasteiger partial charge on any atom is 0.217 e. The van der Waals surface area contributed by atoms with Crippen molar-refractivity contribution in [1.82, 2.24) is 9.88 Å². The van der Waals surface area contributed by atoms with Crippen LogP contribution in [0.15, 0.2) is 48.7 Å². The first-order chi connectivity index (χ1) is 14.3. The molecule has 0 radical (unpaired) electrons. The molecule has 0 amide bonds. The van der Waals surface area contributed by atoms with Crippen LogP contribution in [0.3, 0.4) is 0 Å². The van der Waals surface area contributed by atoms with E-state index in [0.29, 0.717) is 12.0 Å². The van der Waals surface area contributed by atoms with E-state index in [-0.39, 0.29) is 0 Å². The lowest BCUT2D eigenvalue weighted by atomic mass is 9.95. The van der Waals surface area contributed by atoms with E-state index in [9.17, 15) is 0 Å². The highest BCUT2D eigenvalue weighted by molar-refractivity contribution is 5.57. The van der Waals surface area contributed by atoms with E-state index in [2.05, 4.69) is 52.4 Å². The molecule has 0 spiro atoms. The standard InChI is InChI=1S/C25H32N2O2/c1-28-25-22(8-6-16-26-25)19-27-17-14-20(15-18-27)12-13-21-7-2-5-11-24(21)29-23-9-3-4-10-23/h2,5-8,11-13,16,20,23H,3-4,9-10,14-15,17-19H2,1H3/b13-12+. The first-order valence-electron chi connectivity index (χ1n) is 11.0. The number of nitrogens with zero attached hydrogens (tertiary/aromatic N) is 2. The second-order valence-electron chi connectivity index (χ2n) is 8.21. The smallest absolute Gasteiger partial charge is 0.217 e. The van der Waals surface area contributed by atoms with Crippen molar-refractivity contribution in [3.63, 3.8) is 0 Å². The highest BCUT2D eigenvalue weighted by Gasteiger charge is 2.20. The fourth-order valence-corrected chi connectivity index (χ4v) is 4.42. The average molecular weight is 393 g/mol. The van der Waals surface area contributed by atoms with Gasteiger partial charge in [0.15, 0.2) is 0 Å². The Hall–Kier alpha value is -2.33. The molecule has 1 aromatic heterocycles. The van der Waals surface area contributed by atoms with Crippen LogP contribution in [0.2, 0.25) is 0 Å². The van der Waals surface area contributed by atoms with Crippen molar-refractivity contribution < 1.29 is 9.47 Å². The molecule has 0 bridgehead atoms. The molecule has 1 aromatic carbocycles. The minimum absolute atomic E-state index is 0.400. The Morgan fingerprint density at radius 3 is 2.62 bits per heavy atom. The third kappa shape index (κ3) is 5.39. The van der Waals surface area contributed by atoms with Crippen molar-refractivity contribution >= 4 is 6.08 Å². The van der Waals surface area contributed by atoms with E-state index in [1.54, 1.807) is 13.3 Å². The van der Waals surface area contributed by atoms with E-state index in [1.807, 2.05) is 6.07 Å². The molecule has 1 aliphatic heterocycles. The number of hydrogen-bond donors (Lipinski definition) is 0. The van der Waals surface area contributed by atoms with Gasteiger partial charge in [0, 0.05) is 23.9 Å². The monoisotopic (exact) mass is 392 g/mol. The van der Waals surface area contributed by atoms with Gasteiger partial charge in [-0.3, -0.25) is 4.90 Å². The maximum absolute atomic E-state index is 6.27. The normalized spacial score (nSPS) is 19.1. The number of likely N-dealkylation sites (tertiary alicyclic amines) is 1. The molecule has 4 rings (SSSR count). The van der Waals surface area contributed by atoms with Gasteiger partial charge in [-0.2, -0.15) is 0 Å². The van der Waals surface area contributed by atoms with Crippen LogP contribution < -0.4 is 9.47 Å². The highest BCUT2D eigenvalue weighted by Crippen LogP contribution is 2.29. The molecular weight excluding hydrogens is 360 g/mol. The molecule has 1 saturated heterocycles. The van der Waals surface area contributed by atoms with Gasteiger partial charge in [-0.05, 0) is 69.7 Å². The van der Waals surface area contributed by atoms with Gasteiger partial charge in [0.2, 0.25) is 5.88 Å². The Balaban J connectivity index is 1.31. The van der Waals surface area contributed by atoms with Crippen LogP contribution in [0.1, 0.15) is 49.7 Å². The van der Waals surface area contributed by atoms with Crippen LogP contribution >= 0.6 is 0 Å². The Morgan fingerprint density at radius 2 is 1.83 bits per heavy atom. The van der Waals surface area contributed by atoms with Crippen LogP contribution in [-0.2, 0) is 6.54 Å². The zero-order valence-corrected chi connectivity index (χ0v) is 17.4. The van der Waals surface area contributed by atoms with E-state index < -0.39 is 0 Å². The summed E-state index contributed by atoms with van der Waals surface area (Å²) in [6.45, 7) is 3.12. The molecule has 2 aromatic rings. The molecule has 0 N–H and O–H groups in total. The lowest BCUT2D eigenvalue weighted by Gasteiger charge is -2.30. The minimum atomic E-state index is 0.400. The Kier molecular flexibility index (Phi) is 6.83. The van der Waals surface area contributed by atoms with Crippen LogP contribution in [0.5, 0.6) is 11.6 Å². The first kappa shape index (κ1) is 20.0. The quantitative estimate of drug-likeness (QED) is 0.637. The zero-order valence-electron chi connectivity index (χ0n) is 17.4. The van der Waals surface area contributed by atoms with Crippen LogP contribution in [-0.4, -0.2) is 36.2 Å². The SMILES string of the molecule is COc1ncccc1CN1CCC(/C=C/c2ccccc2OC2CCCC2)CC1. The number of aromatic nitrogens is 1. The number of hydrogen-bond acceptors (Lipinski definition) is 4. The van der Waals surface area contributed by atoms with E-state index in [1.165, 1.54) is 49.7 Å². The first-order valence-corrected chi connectivity index (χ1v) is 11.0. The third-order valence-electron chi connectivity index (χ3n) is 6.13. The van der Waals surface area contributed by atoms with Crippen LogP contribution in [0.4, 0.5) is 0 Å². The molecule has 4 nitrogen and oxygen atoms in total. The summed E-state index contributed by atoms with van der Waals surface area (Å²) in [7, 11) is 1.69. The Bertz CT molecular complexity index is 806. The average Bonchev–Trinajstić information content (AvgIpc) is 3.28. The van der Waals surface area contributed by atoms with Crippen molar-refractivity contribution in [3.8, 4) is 11.6 Å².